The van der Waals surface area contributed by atoms with Gasteiger partial charge in [0.25, 0.3) is 5.78 Å². The predicted molar refractivity (Wildman–Crippen MR) is 43.8 cm³/mol. The smallest absolute Gasteiger partial charge is 0.376 e. The van der Waals surface area contributed by atoms with E-state index in [2.05, 4.69) is 4.98 Å². The van der Waals surface area contributed by atoms with Gasteiger partial charge in [-0.1, -0.05) is 0 Å². The van der Waals surface area contributed by atoms with Crippen LogP contribution in [0.1, 0.15) is 5.01 Å². The van der Waals surface area contributed by atoms with Crippen LogP contribution in [0.4, 0.5) is 0 Å². The topological polar surface area (TPSA) is 67.3 Å². The Hall–Kier alpha value is -1.49. The van der Waals surface area contributed by atoms with Crippen LogP contribution in [-0.4, -0.2) is 21.8 Å². The summed E-state index contributed by atoms with van der Waals surface area (Å²) < 4.78 is 0. The minimum Gasteiger partial charge on any atom is -0.475 e. The van der Waals surface area contributed by atoms with Crippen molar-refractivity contribution in [1.29, 1.82) is 0 Å². The van der Waals surface area contributed by atoms with E-state index in [0.717, 1.165) is 6.08 Å². The molecule has 0 spiro atoms. The number of carbonyl (C=O) groups excluding carboxylic acids is 1. The molecule has 0 aromatic carbocycles. The highest BCUT2D eigenvalue weighted by molar-refractivity contribution is 7.10. The van der Waals surface area contributed by atoms with Crippen LogP contribution in [0.5, 0.6) is 0 Å². The van der Waals surface area contributed by atoms with Crippen molar-refractivity contribution in [2.75, 3.05) is 0 Å². The van der Waals surface area contributed by atoms with Crippen molar-refractivity contribution >= 4 is 29.2 Å². The number of aromatic nitrogens is 1. The number of carboxylic acids is 1. The Bertz CT molecular complexity index is 315. The maximum atomic E-state index is 10.5. The summed E-state index contributed by atoms with van der Waals surface area (Å²) in [6, 6.07) is 0. The third-order valence-corrected chi connectivity index (χ3v) is 1.78. The Morgan fingerprint density at radius 2 is 2.33 bits per heavy atom. The first-order valence-corrected chi connectivity index (χ1v) is 3.93. The van der Waals surface area contributed by atoms with E-state index >= 15 is 0 Å². The van der Waals surface area contributed by atoms with Crippen molar-refractivity contribution in [3.63, 3.8) is 0 Å². The van der Waals surface area contributed by atoms with E-state index < -0.39 is 11.8 Å². The second-order valence-electron chi connectivity index (χ2n) is 1.87. The fraction of sp³-hybridized carbons (Fsp3) is 0. The van der Waals surface area contributed by atoms with Gasteiger partial charge in [-0.3, -0.25) is 4.79 Å². The van der Waals surface area contributed by atoms with Crippen LogP contribution in [-0.2, 0) is 9.59 Å². The molecule has 62 valence electrons. The molecule has 0 aliphatic rings. The zero-order valence-corrected chi connectivity index (χ0v) is 6.75. The molecule has 0 fully saturated rings. The molecule has 12 heavy (non-hydrogen) atoms. The fourth-order valence-corrected chi connectivity index (χ4v) is 1.06. The van der Waals surface area contributed by atoms with Crippen molar-refractivity contribution in [2.24, 2.45) is 0 Å². The van der Waals surface area contributed by atoms with Crippen LogP contribution in [0.2, 0.25) is 0 Å². The SMILES string of the molecule is O=C(O)C(=O)/C=C/c1nccs1. The molecule has 0 bridgehead atoms. The van der Waals surface area contributed by atoms with Crippen LogP contribution < -0.4 is 0 Å². The zero-order valence-electron chi connectivity index (χ0n) is 5.93. The molecule has 4 nitrogen and oxygen atoms in total. The molecule has 0 radical (unpaired) electrons. The van der Waals surface area contributed by atoms with Crippen molar-refractivity contribution in [3.8, 4) is 0 Å². The van der Waals surface area contributed by atoms with E-state index in [0.29, 0.717) is 5.01 Å². The van der Waals surface area contributed by atoms with Gasteiger partial charge in [0.05, 0.1) is 0 Å². The van der Waals surface area contributed by atoms with E-state index in [1.807, 2.05) is 0 Å². The van der Waals surface area contributed by atoms with E-state index in [1.165, 1.54) is 17.4 Å². The Morgan fingerprint density at radius 3 is 2.83 bits per heavy atom. The predicted octanol–water partition coefficient (Wildman–Crippen LogP) is 0.810. The minimum absolute atomic E-state index is 0.615. The normalized spacial score (nSPS) is 10.3. The first-order chi connectivity index (χ1) is 5.70. The van der Waals surface area contributed by atoms with Gasteiger partial charge in [-0.25, -0.2) is 9.78 Å². The molecule has 0 amide bonds. The first kappa shape index (κ1) is 8.61. The summed E-state index contributed by atoms with van der Waals surface area (Å²) in [4.78, 5) is 24.4. The van der Waals surface area contributed by atoms with Crippen molar-refractivity contribution < 1.29 is 14.7 Å². The Labute approximate surface area is 72.2 Å². The van der Waals surface area contributed by atoms with Gasteiger partial charge in [0.2, 0.25) is 0 Å². The van der Waals surface area contributed by atoms with Crippen LogP contribution in [0.25, 0.3) is 6.08 Å². The lowest BCUT2D eigenvalue weighted by atomic mass is 10.3. The number of ketones is 1. The molecule has 1 aromatic rings. The van der Waals surface area contributed by atoms with Crippen LogP contribution in [0, 0.1) is 0 Å². The highest BCUT2D eigenvalue weighted by atomic mass is 32.1. The Balaban J connectivity index is 2.63. The number of carbonyl (C=O) groups is 2. The summed E-state index contributed by atoms with van der Waals surface area (Å²) >= 11 is 1.33. The summed E-state index contributed by atoms with van der Waals surface area (Å²) in [6.45, 7) is 0. The molecule has 1 aromatic heterocycles. The molecule has 5 heteroatoms. The minimum atomic E-state index is -1.46. The number of thiazole rings is 1. The summed E-state index contributed by atoms with van der Waals surface area (Å²) in [7, 11) is 0. The van der Waals surface area contributed by atoms with Crippen LogP contribution in [0.3, 0.4) is 0 Å². The van der Waals surface area contributed by atoms with Crippen molar-refractivity contribution in [2.45, 2.75) is 0 Å². The molecule has 1 heterocycles. The lowest BCUT2D eigenvalue weighted by Gasteiger charge is -1.82. The monoisotopic (exact) mass is 183 g/mol. The van der Waals surface area contributed by atoms with Gasteiger partial charge < -0.3 is 5.11 Å². The van der Waals surface area contributed by atoms with Crippen LogP contribution in [0.15, 0.2) is 17.7 Å². The molecule has 1 rings (SSSR count). The van der Waals surface area contributed by atoms with Gasteiger partial charge in [0, 0.05) is 11.6 Å². The first-order valence-electron chi connectivity index (χ1n) is 3.05. The van der Waals surface area contributed by atoms with E-state index in [1.54, 1.807) is 11.6 Å². The average molecular weight is 183 g/mol. The molecule has 0 saturated carbocycles. The number of rotatable bonds is 3. The second-order valence-corrected chi connectivity index (χ2v) is 2.80. The van der Waals surface area contributed by atoms with Gasteiger partial charge in [-0.2, -0.15) is 0 Å². The highest BCUT2D eigenvalue weighted by Crippen LogP contribution is 2.05. The number of hydrogen-bond acceptors (Lipinski definition) is 4. The maximum Gasteiger partial charge on any atom is 0.376 e. The van der Waals surface area contributed by atoms with E-state index in [4.69, 9.17) is 5.11 Å². The zero-order chi connectivity index (χ0) is 8.97. The summed E-state index contributed by atoms with van der Waals surface area (Å²) in [5, 5.41) is 10.5. The van der Waals surface area contributed by atoms with E-state index in [9.17, 15) is 9.59 Å². The number of carboxylic acid groups (broad SMARTS) is 1. The Kier molecular flexibility index (Phi) is 2.71. The summed E-state index contributed by atoms with van der Waals surface area (Å²) in [5.41, 5.74) is 0. The molecule has 0 aliphatic carbocycles. The van der Waals surface area contributed by atoms with Gasteiger partial charge in [-0.15, -0.1) is 11.3 Å². The van der Waals surface area contributed by atoms with E-state index in [-0.39, 0.29) is 0 Å². The molecule has 0 saturated heterocycles. The number of nitrogens with zero attached hydrogens (tertiary/aromatic N) is 1. The van der Waals surface area contributed by atoms with Gasteiger partial charge >= 0.3 is 5.97 Å². The summed E-state index contributed by atoms with van der Waals surface area (Å²) in [5.74, 6) is -2.40. The largest absolute Gasteiger partial charge is 0.475 e. The molecule has 1 N–H and O–H groups in total. The quantitative estimate of drug-likeness (QED) is 0.556. The van der Waals surface area contributed by atoms with Gasteiger partial charge in [-0.05, 0) is 12.2 Å². The lowest BCUT2D eigenvalue weighted by molar-refractivity contribution is -0.146. The highest BCUT2D eigenvalue weighted by Gasteiger charge is 2.05. The maximum absolute atomic E-state index is 10.5. The number of aliphatic carboxylic acids is 1. The van der Waals surface area contributed by atoms with Gasteiger partial charge in [0.15, 0.2) is 0 Å². The standard InChI is InChI=1S/C7H5NO3S/c9-5(7(10)11)1-2-6-8-3-4-12-6/h1-4H,(H,10,11)/b2-1+. The third-order valence-electron chi connectivity index (χ3n) is 1.04. The molecular formula is C7H5NO3S. The lowest BCUT2D eigenvalue weighted by Crippen LogP contribution is -2.08. The molecule has 0 unspecified atom stereocenters. The van der Waals surface area contributed by atoms with Crippen molar-refractivity contribution in [1.82, 2.24) is 4.98 Å². The Morgan fingerprint density at radius 1 is 1.58 bits per heavy atom. The molecule has 0 atom stereocenters. The third kappa shape index (κ3) is 2.28. The van der Waals surface area contributed by atoms with Crippen LogP contribution >= 0.6 is 11.3 Å². The van der Waals surface area contributed by atoms with Crippen molar-refractivity contribution in [3.05, 3.63) is 22.7 Å². The van der Waals surface area contributed by atoms with Gasteiger partial charge in [0.1, 0.15) is 5.01 Å². The summed E-state index contributed by atoms with van der Waals surface area (Å²) in [6.07, 6.45) is 3.94. The number of hydrogen-bond donors (Lipinski definition) is 1. The molecule has 0 aliphatic heterocycles. The molecular weight excluding hydrogens is 178 g/mol. The second kappa shape index (κ2) is 3.77. The average Bonchev–Trinajstić information content (AvgIpc) is 2.51. The fourth-order valence-electron chi connectivity index (χ4n) is 0.535.